The Morgan fingerprint density at radius 2 is 2.12 bits per heavy atom. The molecule has 3 heteroatoms. The fourth-order valence-corrected chi connectivity index (χ4v) is 1.94. The van der Waals surface area contributed by atoms with Crippen molar-refractivity contribution in [3.8, 4) is 0 Å². The van der Waals surface area contributed by atoms with Gasteiger partial charge in [0.15, 0.2) is 0 Å². The Morgan fingerprint density at radius 3 is 2.69 bits per heavy atom. The van der Waals surface area contributed by atoms with Crippen molar-refractivity contribution in [2.75, 3.05) is 6.54 Å². The summed E-state index contributed by atoms with van der Waals surface area (Å²) in [6.07, 6.45) is 4.15. The van der Waals surface area contributed by atoms with E-state index in [-0.39, 0.29) is 0 Å². The van der Waals surface area contributed by atoms with Crippen LogP contribution >= 0.6 is 0 Å². The van der Waals surface area contributed by atoms with Crippen molar-refractivity contribution < 1.29 is 0 Å². The van der Waals surface area contributed by atoms with Crippen LogP contribution in [0.1, 0.15) is 51.0 Å². The number of nitrogens with one attached hydrogen (secondary N) is 1. The van der Waals surface area contributed by atoms with Gasteiger partial charge in [-0.25, -0.2) is 9.97 Å². The van der Waals surface area contributed by atoms with Gasteiger partial charge in [0.1, 0.15) is 5.82 Å². The molecule has 0 aromatic carbocycles. The van der Waals surface area contributed by atoms with Crippen LogP contribution in [-0.2, 0) is 0 Å². The van der Waals surface area contributed by atoms with Crippen LogP contribution < -0.4 is 5.32 Å². The summed E-state index contributed by atoms with van der Waals surface area (Å²) in [4.78, 5) is 8.64. The molecule has 3 nitrogen and oxygen atoms in total. The lowest BCUT2D eigenvalue weighted by Crippen LogP contribution is -2.34. The third kappa shape index (κ3) is 3.56. The first-order valence-electron chi connectivity index (χ1n) is 6.22. The van der Waals surface area contributed by atoms with E-state index in [0.29, 0.717) is 12.0 Å². The highest BCUT2D eigenvalue weighted by Crippen LogP contribution is 2.18. The minimum Gasteiger partial charge on any atom is -0.313 e. The smallest absolute Gasteiger partial charge is 0.125 e. The standard InChI is InChI=1S/C13H23N3/c1-5-8-15-12(6-2)10(3)13-7-9-14-11(4)16-13/h7,9-10,12,15H,5-6,8H2,1-4H3. The summed E-state index contributed by atoms with van der Waals surface area (Å²) in [6.45, 7) is 9.67. The van der Waals surface area contributed by atoms with Crippen molar-refractivity contribution in [2.24, 2.45) is 0 Å². The van der Waals surface area contributed by atoms with Gasteiger partial charge in [0.2, 0.25) is 0 Å². The molecule has 0 bridgehead atoms. The summed E-state index contributed by atoms with van der Waals surface area (Å²) in [5, 5.41) is 3.58. The van der Waals surface area contributed by atoms with Crippen LogP contribution in [0.4, 0.5) is 0 Å². The minimum atomic E-state index is 0.443. The second-order valence-electron chi connectivity index (χ2n) is 4.29. The molecule has 90 valence electrons. The molecule has 0 aliphatic heterocycles. The molecular formula is C13H23N3. The fourth-order valence-electron chi connectivity index (χ4n) is 1.94. The van der Waals surface area contributed by atoms with Crippen molar-refractivity contribution in [1.82, 2.24) is 15.3 Å². The maximum absolute atomic E-state index is 4.50. The van der Waals surface area contributed by atoms with E-state index in [1.807, 2.05) is 19.2 Å². The fraction of sp³-hybridized carbons (Fsp3) is 0.692. The lowest BCUT2D eigenvalue weighted by Gasteiger charge is -2.23. The molecule has 1 aromatic heterocycles. The highest BCUT2D eigenvalue weighted by atomic mass is 14.9. The summed E-state index contributed by atoms with van der Waals surface area (Å²) < 4.78 is 0. The quantitative estimate of drug-likeness (QED) is 0.802. The van der Waals surface area contributed by atoms with E-state index in [9.17, 15) is 0 Å². The molecule has 0 aliphatic carbocycles. The summed E-state index contributed by atoms with van der Waals surface area (Å²) in [7, 11) is 0. The predicted molar refractivity (Wildman–Crippen MR) is 67.6 cm³/mol. The molecule has 1 rings (SSSR count). The van der Waals surface area contributed by atoms with Gasteiger partial charge < -0.3 is 5.32 Å². The van der Waals surface area contributed by atoms with Crippen molar-refractivity contribution in [3.05, 3.63) is 23.8 Å². The Balaban J connectivity index is 2.70. The topological polar surface area (TPSA) is 37.8 Å². The van der Waals surface area contributed by atoms with Crippen LogP contribution in [0, 0.1) is 6.92 Å². The molecular weight excluding hydrogens is 198 g/mol. The lowest BCUT2D eigenvalue weighted by molar-refractivity contribution is 0.432. The zero-order valence-corrected chi connectivity index (χ0v) is 10.8. The zero-order valence-electron chi connectivity index (χ0n) is 10.8. The molecule has 0 saturated carbocycles. The van der Waals surface area contributed by atoms with Gasteiger partial charge in [-0.15, -0.1) is 0 Å². The molecule has 0 saturated heterocycles. The van der Waals surface area contributed by atoms with Crippen LogP contribution in [-0.4, -0.2) is 22.6 Å². The van der Waals surface area contributed by atoms with Gasteiger partial charge in [0, 0.05) is 23.9 Å². The van der Waals surface area contributed by atoms with Crippen LogP contribution in [0.15, 0.2) is 12.3 Å². The monoisotopic (exact) mass is 221 g/mol. The van der Waals surface area contributed by atoms with Crippen LogP contribution in [0.5, 0.6) is 0 Å². The second-order valence-corrected chi connectivity index (χ2v) is 4.29. The number of hydrogen-bond acceptors (Lipinski definition) is 3. The molecule has 2 atom stereocenters. The number of aromatic nitrogens is 2. The van der Waals surface area contributed by atoms with Gasteiger partial charge in [-0.3, -0.25) is 0 Å². The molecule has 0 spiro atoms. The molecule has 0 aliphatic rings. The molecule has 0 radical (unpaired) electrons. The van der Waals surface area contributed by atoms with E-state index in [2.05, 4.69) is 36.1 Å². The highest BCUT2D eigenvalue weighted by molar-refractivity contribution is 5.09. The molecule has 0 fully saturated rings. The number of hydrogen-bond donors (Lipinski definition) is 1. The normalized spacial score (nSPS) is 14.8. The SMILES string of the molecule is CCCNC(CC)C(C)c1ccnc(C)n1. The summed E-state index contributed by atoms with van der Waals surface area (Å²) in [5.41, 5.74) is 1.14. The number of aryl methyl sites for hydroxylation is 1. The minimum absolute atomic E-state index is 0.443. The molecule has 1 heterocycles. The number of nitrogens with zero attached hydrogens (tertiary/aromatic N) is 2. The molecule has 2 unspecified atom stereocenters. The van der Waals surface area contributed by atoms with E-state index in [0.717, 1.165) is 24.5 Å². The molecule has 1 aromatic rings. The van der Waals surface area contributed by atoms with E-state index < -0.39 is 0 Å². The van der Waals surface area contributed by atoms with Crippen molar-refractivity contribution in [1.29, 1.82) is 0 Å². The Labute approximate surface area is 98.7 Å². The van der Waals surface area contributed by atoms with Crippen molar-refractivity contribution in [2.45, 2.75) is 52.5 Å². The lowest BCUT2D eigenvalue weighted by atomic mass is 9.95. The Bertz CT molecular complexity index is 312. The zero-order chi connectivity index (χ0) is 12.0. The van der Waals surface area contributed by atoms with E-state index in [1.165, 1.54) is 6.42 Å². The van der Waals surface area contributed by atoms with Gasteiger partial charge in [-0.2, -0.15) is 0 Å². The Kier molecular flexibility index (Phi) is 5.39. The van der Waals surface area contributed by atoms with Gasteiger partial charge in [-0.1, -0.05) is 20.8 Å². The first-order valence-corrected chi connectivity index (χ1v) is 6.22. The van der Waals surface area contributed by atoms with Gasteiger partial charge in [-0.05, 0) is 32.4 Å². The maximum Gasteiger partial charge on any atom is 0.125 e. The third-order valence-corrected chi connectivity index (χ3v) is 2.96. The third-order valence-electron chi connectivity index (χ3n) is 2.96. The number of rotatable bonds is 6. The average molecular weight is 221 g/mol. The summed E-state index contributed by atoms with van der Waals surface area (Å²) >= 11 is 0. The van der Waals surface area contributed by atoms with Gasteiger partial charge in [0.05, 0.1) is 0 Å². The molecule has 0 amide bonds. The average Bonchev–Trinajstić information content (AvgIpc) is 2.29. The molecule has 1 N–H and O–H groups in total. The Morgan fingerprint density at radius 1 is 1.38 bits per heavy atom. The van der Waals surface area contributed by atoms with E-state index >= 15 is 0 Å². The van der Waals surface area contributed by atoms with E-state index in [4.69, 9.17) is 0 Å². The van der Waals surface area contributed by atoms with Crippen LogP contribution in [0.25, 0.3) is 0 Å². The van der Waals surface area contributed by atoms with Crippen LogP contribution in [0.3, 0.4) is 0 Å². The first kappa shape index (κ1) is 13.1. The largest absolute Gasteiger partial charge is 0.313 e. The Hall–Kier alpha value is -0.960. The highest BCUT2D eigenvalue weighted by Gasteiger charge is 2.17. The summed E-state index contributed by atoms with van der Waals surface area (Å²) in [5.74, 6) is 1.30. The van der Waals surface area contributed by atoms with E-state index in [1.54, 1.807) is 0 Å². The van der Waals surface area contributed by atoms with Crippen molar-refractivity contribution >= 4 is 0 Å². The molecule has 16 heavy (non-hydrogen) atoms. The predicted octanol–water partition coefficient (Wildman–Crippen LogP) is 2.67. The van der Waals surface area contributed by atoms with Crippen molar-refractivity contribution in [3.63, 3.8) is 0 Å². The first-order chi connectivity index (χ1) is 7.69. The van der Waals surface area contributed by atoms with Gasteiger partial charge >= 0.3 is 0 Å². The summed E-state index contributed by atoms with van der Waals surface area (Å²) in [6, 6.07) is 2.53. The maximum atomic E-state index is 4.50. The van der Waals surface area contributed by atoms with Crippen LogP contribution in [0.2, 0.25) is 0 Å². The second kappa shape index (κ2) is 6.59. The van der Waals surface area contributed by atoms with Gasteiger partial charge in [0.25, 0.3) is 0 Å².